The zero-order valence-corrected chi connectivity index (χ0v) is 12.4. The number of ketones is 1. The number of ether oxygens (including phenoxy) is 1. The first-order valence-electron chi connectivity index (χ1n) is 7.17. The van der Waals surface area contributed by atoms with Gasteiger partial charge in [-0.3, -0.25) is 4.79 Å². The highest BCUT2D eigenvalue weighted by Gasteiger charge is 2.51. The number of amides is 1. The van der Waals surface area contributed by atoms with Crippen LogP contribution in [0.5, 0.6) is 0 Å². The molecule has 0 aromatic carbocycles. The van der Waals surface area contributed by atoms with Crippen LogP contribution >= 0.6 is 0 Å². The van der Waals surface area contributed by atoms with E-state index in [0.29, 0.717) is 25.9 Å². The Labute approximate surface area is 119 Å². The van der Waals surface area contributed by atoms with Crippen LogP contribution in [0.3, 0.4) is 0 Å². The maximum Gasteiger partial charge on any atom is 0.410 e. The molecule has 1 aliphatic carbocycles. The van der Waals surface area contributed by atoms with E-state index in [1.54, 1.807) is 4.90 Å². The summed E-state index contributed by atoms with van der Waals surface area (Å²) < 4.78 is 5.38. The molecule has 1 saturated carbocycles. The van der Waals surface area contributed by atoms with Crippen molar-refractivity contribution in [1.29, 1.82) is 5.26 Å². The fourth-order valence-electron chi connectivity index (χ4n) is 3.03. The van der Waals surface area contributed by atoms with Crippen LogP contribution < -0.4 is 0 Å². The average Bonchev–Trinajstić information content (AvgIpc) is 2.33. The highest BCUT2D eigenvalue weighted by atomic mass is 16.6. The Kier molecular flexibility index (Phi) is 3.77. The smallest absolute Gasteiger partial charge is 0.410 e. The molecule has 5 nitrogen and oxygen atoms in total. The molecule has 20 heavy (non-hydrogen) atoms. The summed E-state index contributed by atoms with van der Waals surface area (Å²) in [6.07, 6.45) is 2.13. The van der Waals surface area contributed by atoms with Gasteiger partial charge in [0.05, 0.1) is 11.5 Å². The molecule has 2 aliphatic rings. The summed E-state index contributed by atoms with van der Waals surface area (Å²) >= 11 is 0. The Morgan fingerprint density at radius 3 is 2.60 bits per heavy atom. The van der Waals surface area contributed by atoms with E-state index in [9.17, 15) is 14.9 Å². The molecule has 0 spiro atoms. The molecule has 0 aromatic heterocycles. The van der Waals surface area contributed by atoms with Crippen molar-refractivity contribution < 1.29 is 14.3 Å². The first-order valence-corrected chi connectivity index (χ1v) is 7.17. The summed E-state index contributed by atoms with van der Waals surface area (Å²) in [6, 6.07) is 2.32. The largest absolute Gasteiger partial charge is 0.444 e. The van der Waals surface area contributed by atoms with Crippen LogP contribution in [-0.4, -0.2) is 35.5 Å². The molecule has 2 fully saturated rings. The van der Waals surface area contributed by atoms with E-state index in [1.165, 1.54) is 0 Å². The Bertz CT molecular complexity index is 451. The number of hydrogen-bond acceptors (Lipinski definition) is 4. The minimum absolute atomic E-state index is 0.0893. The fourth-order valence-corrected chi connectivity index (χ4v) is 3.03. The average molecular weight is 278 g/mol. The molecule has 1 amide bonds. The van der Waals surface area contributed by atoms with E-state index >= 15 is 0 Å². The van der Waals surface area contributed by atoms with E-state index in [-0.39, 0.29) is 17.8 Å². The van der Waals surface area contributed by atoms with Gasteiger partial charge in [-0.25, -0.2) is 4.79 Å². The van der Waals surface area contributed by atoms with Gasteiger partial charge >= 0.3 is 6.09 Å². The van der Waals surface area contributed by atoms with Gasteiger partial charge in [-0.15, -0.1) is 0 Å². The van der Waals surface area contributed by atoms with Gasteiger partial charge in [0.1, 0.15) is 11.4 Å². The third kappa shape index (κ3) is 2.95. The first kappa shape index (κ1) is 14.8. The van der Waals surface area contributed by atoms with Gasteiger partial charge in [0, 0.05) is 25.9 Å². The Morgan fingerprint density at radius 2 is 2.10 bits per heavy atom. The Morgan fingerprint density at radius 1 is 1.45 bits per heavy atom. The number of rotatable bonds is 1. The molecule has 0 radical (unpaired) electrons. The number of likely N-dealkylation sites (tertiary alicyclic amines) is 1. The summed E-state index contributed by atoms with van der Waals surface area (Å²) in [5.74, 6) is 0.243. The molecule has 1 unspecified atom stereocenters. The van der Waals surface area contributed by atoms with Crippen LogP contribution in [0.25, 0.3) is 0 Å². The number of nitriles is 1. The highest BCUT2D eigenvalue weighted by Crippen LogP contribution is 2.47. The third-order valence-corrected chi connectivity index (χ3v) is 4.10. The van der Waals surface area contributed by atoms with Crippen LogP contribution in [0, 0.1) is 22.7 Å². The van der Waals surface area contributed by atoms with E-state index in [1.807, 2.05) is 20.8 Å². The first-order chi connectivity index (χ1) is 9.26. The van der Waals surface area contributed by atoms with Crippen molar-refractivity contribution in [2.45, 2.75) is 52.1 Å². The summed E-state index contributed by atoms with van der Waals surface area (Å²) in [5.41, 5.74) is -1.05. The number of Topliss-reactive ketones (excluding diaryl/α,β-unsaturated/α-hetero) is 1. The molecule has 110 valence electrons. The minimum atomic E-state index is -0.544. The standard InChI is InChI=1S/C15H22N2O3/c1-14(2,3)20-13(19)17-6-4-5-11(9-17)15(10-16)7-12(18)8-15/h11H,4-9H2,1-3H3. The monoisotopic (exact) mass is 278 g/mol. The van der Waals surface area contributed by atoms with Crippen molar-refractivity contribution in [2.75, 3.05) is 13.1 Å². The van der Waals surface area contributed by atoms with Gasteiger partial charge in [0.15, 0.2) is 0 Å². The Hall–Kier alpha value is -1.57. The lowest BCUT2D eigenvalue weighted by atomic mass is 9.59. The zero-order chi connectivity index (χ0) is 15.0. The van der Waals surface area contributed by atoms with Crippen molar-refractivity contribution in [1.82, 2.24) is 4.90 Å². The summed E-state index contributed by atoms with van der Waals surface area (Å²) in [5, 5.41) is 9.38. The predicted molar refractivity (Wildman–Crippen MR) is 72.8 cm³/mol. The molecule has 1 aliphatic heterocycles. The molecular weight excluding hydrogens is 256 g/mol. The highest BCUT2D eigenvalue weighted by molar-refractivity contribution is 5.87. The SMILES string of the molecule is CC(C)(C)OC(=O)N1CCCC(C2(C#N)CC(=O)C2)C1. The van der Waals surface area contributed by atoms with E-state index < -0.39 is 11.0 Å². The molecule has 0 N–H and O–H groups in total. The van der Waals surface area contributed by atoms with Crippen molar-refractivity contribution >= 4 is 11.9 Å². The quantitative estimate of drug-likeness (QED) is 0.739. The lowest BCUT2D eigenvalue weighted by Crippen LogP contribution is -2.51. The van der Waals surface area contributed by atoms with Crippen molar-refractivity contribution in [3.8, 4) is 6.07 Å². The van der Waals surface area contributed by atoms with Crippen LogP contribution in [0.2, 0.25) is 0 Å². The summed E-state index contributed by atoms with van der Waals surface area (Å²) in [6.45, 7) is 6.71. The zero-order valence-electron chi connectivity index (χ0n) is 12.4. The predicted octanol–water partition coefficient (Wildman–Crippen LogP) is 2.51. The Balaban J connectivity index is 2.01. The number of piperidine rings is 1. The van der Waals surface area contributed by atoms with Crippen molar-refractivity contribution in [2.24, 2.45) is 11.3 Å². The normalized spacial score (nSPS) is 25.6. The van der Waals surface area contributed by atoms with Crippen LogP contribution in [0.15, 0.2) is 0 Å². The van der Waals surface area contributed by atoms with Gasteiger partial charge < -0.3 is 9.64 Å². The van der Waals surface area contributed by atoms with E-state index in [0.717, 1.165) is 12.8 Å². The maximum atomic E-state index is 12.1. The second kappa shape index (κ2) is 5.08. The van der Waals surface area contributed by atoms with Gasteiger partial charge in [0.25, 0.3) is 0 Å². The number of carbonyl (C=O) groups excluding carboxylic acids is 2. The molecule has 1 heterocycles. The topological polar surface area (TPSA) is 70.4 Å². The second-order valence-corrected chi connectivity index (χ2v) is 6.93. The third-order valence-electron chi connectivity index (χ3n) is 4.10. The lowest BCUT2D eigenvalue weighted by molar-refractivity contribution is -0.133. The van der Waals surface area contributed by atoms with Gasteiger partial charge in [0.2, 0.25) is 0 Å². The van der Waals surface area contributed by atoms with Crippen LogP contribution in [0.4, 0.5) is 4.79 Å². The molecule has 1 saturated heterocycles. The molecule has 0 bridgehead atoms. The fraction of sp³-hybridized carbons (Fsp3) is 0.800. The number of carbonyl (C=O) groups is 2. The van der Waals surface area contributed by atoms with Crippen molar-refractivity contribution in [3.05, 3.63) is 0 Å². The van der Waals surface area contributed by atoms with E-state index in [2.05, 4.69) is 6.07 Å². The summed E-state index contributed by atoms with van der Waals surface area (Å²) in [4.78, 5) is 25.0. The molecule has 1 atom stereocenters. The van der Waals surface area contributed by atoms with Crippen LogP contribution in [-0.2, 0) is 9.53 Å². The van der Waals surface area contributed by atoms with Gasteiger partial charge in [-0.05, 0) is 39.5 Å². The maximum absolute atomic E-state index is 12.1. The van der Waals surface area contributed by atoms with E-state index in [4.69, 9.17) is 4.74 Å². The number of nitrogens with zero attached hydrogens (tertiary/aromatic N) is 2. The minimum Gasteiger partial charge on any atom is -0.444 e. The van der Waals surface area contributed by atoms with Gasteiger partial charge in [-0.1, -0.05) is 0 Å². The molecule has 0 aromatic rings. The van der Waals surface area contributed by atoms with Crippen LogP contribution in [0.1, 0.15) is 46.5 Å². The summed E-state index contributed by atoms with van der Waals surface area (Å²) in [7, 11) is 0. The lowest BCUT2D eigenvalue weighted by Gasteiger charge is -2.45. The van der Waals surface area contributed by atoms with Gasteiger partial charge in [-0.2, -0.15) is 5.26 Å². The molecule has 5 heteroatoms. The molecular formula is C15H22N2O3. The van der Waals surface area contributed by atoms with Crippen molar-refractivity contribution in [3.63, 3.8) is 0 Å². The second-order valence-electron chi connectivity index (χ2n) is 6.93. The molecule has 2 rings (SSSR count). The number of hydrogen-bond donors (Lipinski definition) is 0.